The number of benzene rings is 2. The number of ether oxygens (including phenoxy) is 1. The summed E-state index contributed by atoms with van der Waals surface area (Å²) in [5.41, 5.74) is 0.745. The molecule has 0 spiro atoms. The molecule has 0 saturated heterocycles. The van der Waals surface area contributed by atoms with Crippen molar-refractivity contribution in [2.75, 3.05) is 12.5 Å². The molecule has 0 radical (unpaired) electrons. The van der Waals surface area contributed by atoms with Gasteiger partial charge >= 0.3 is 5.97 Å². The molecule has 1 N–H and O–H groups in total. The van der Waals surface area contributed by atoms with Gasteiger partial charge in [-0.15, -0.1) is 0 Å². The van der Waals surface area contributed by atoms with Crippen LogP contribution in [0.15, 0.2) is 29.4 Å². The van der Waals surface area contributed by atoms with Crippen molar-refractivity contribution in [3.8, 4) is 0 Å². The average molecular weight is 344 g/mol. The molecule has 2 aromatic carbocycles. The largest absolute Gasteiger partial charge is 0.465 e. The van der Waals surface area contributed by atoms with Crippen LogP contribution in [0.5, 0.6) is 0 Å². The van der Waals surface area contributed by atoms with Crippen LogP contribution < -0.4 is 5.43 Å². The molecule has 0 saturated carbocycles. The topological polar surface area (TPSA) is 50.7 Å². The standard InChI is InChI=1S/C15H9F5N2O2/c1-24-15(23)8-5-3-2-4-7(8)6-21-22-14-12(19)10(17)9(16)11(18)13(14)20/h2-6,22H,1H3/b21-6-. The number of hydrogen-bond donors (Lipinski definition) is 1. The normalized spacial score (nSPS) is 10.9. The number of hydrazone groups is 1. The van der Waals surface area contributed by atoms with Crippen LogP contribution in [0, 0.1) is 29.1 Å². The lowest BCUT2D eigenvalue weighted by atomic mass is 10.1. The molecule has 0 unspecified atom stereocenters. The second-order valence-electron chi connectivity index (χ2n) is 4.39. The predicted molar refractivity (Wildman–Crippen MR) is 75.2 cm³/mol. The zero-order chi connectivity index (χ0) is 17.9. The molecule has 4 nitrogen and oxygen atoms in total. The summed E-state index contributed by atoms with van der Waals surface area (Å²) in [7, 11) is 1.16. The maximum atomic E-state index is 13.5. The van der Waals surface area contributed by atoms with Crippen LogP contribution in [0.25, 0.3) is 0 Å². The van der Waals surface area contributed by atoms with E-state index in [1.54, 1.807) is 17.6 Å². The minimum absolute atomic E-state index is 0.1000. The second kappa shape index (κ2) is 7.07. The smallest absolute Gasteiger partial charge is 0.338 e. The van der Waals surface area contributed by atoms with Gasteiger partial charge in [-0.3, -0.25) is 5.43 Å². The number of halogens is 5. The van der Waals surface area contributed by atoms with E-state index >= 15 is 0 Å². The third-order valence-corrected chi connectivity index (χ3v) is 2.96. The van der Waals surface area contributed by atoms with Crippen molar-refractivity contribution in [1.82, 2.24) is 0 Å². The van der Waals surface area contributed by atoms with Gasteiger partial charge in [0.25, 0.3) is 0 Å². The first-order valence-corrected chi connectivity index (χ1v) is 6.36. The van der Waals surface area contributed by atoms with Crippen LogP contribution in [0.2, 0.25) is 0 Å². The highest BCUT2D eigenvalue weighted by molar-refractivity contribution is 5.99. The van der Waals surface area contributed by atoms with Gasteiger partial charge in [-0.05, 0) is 6.07 Å². The van der Waals surface area contributed by atoms with Crippen molar-refractivity contribution in [3.05, 3.63) is 64.5 Å². The summed E-state index contributed by atoms with van der Waals surface area (Å²) in [5.74, 6) is -11.2. The van der Waals surface area contributed by atoms with Gasteiger partial charge in [0.05, 0.1) is 18.9 Å². The number of hydrogen-bond acceptors (Lipinski definition) is 4. The van der Waals surface area contributed by atoms with Crippen LogP contribution in [-0.2, 0) is 4.74 Å². The molecule has 0 heterocycles. The molecule has 24 heavy (non-hydrogen) atoms. The van der Waals surface area contributed by atoms with E-state index in [-0.39, 0.29) is 11.1 Å². The lowest BCUT2D eigenvalue weighted by Gasteiger charge is -2.07. The van der Waals surface area contributed by atoms with E-state index in [0.29, 0.717) is 0 Å². The van der Waals surface area contributed by atoms with Gasteiger partial charge in [0.2, 0.25) is 5.82 Å². The third kappa shape index (κ3) is 3.19. The Hall–Kier alpha value is -2.97. The number of methoxy groups -OCH3 is 1. The molecule has 126 valence electrons. The summed E-state index contributed by atoms with van der Waals surface area (Å²) >= 11 is 0. The fourth-order valence-electron chi connectivity index (χ4n) is 1.77. The first-order valence-electron chi connectivity index (χ1n) is 6.36. The summed E-state index contributed by atoms with van der Waals surface area (Å²) in [5, 5.41) is 3.40. The van der Waals surface area contributed by atoms with E-state index in [4.69, 9.17) is 0 Å². The molecular formula is C15H9F5N2O2. The van der Waals surface area contributed by atoms with Crippen LogP contribution >= 0.6 is 0 Å². The molecule has 2 aromatic rings. The van der Waals surface area contributed by atoms with Crippen molar-refractivity contribution >= 4 is 17.9 Å². The predicted octanol–water partition coefficient (Wildman–Crippen LogP) is 3.61. The minimum atomic E-state index is -2.27. The minimum Gasteiger partial charge on any atom is -0.465 e. The first kappa shape index (κ1) is 17.4. The Bertz CT molecular complexity index is 795. The Morgan fingerprint density at radius 2 is 1.54 bits per heavy atom. The van der Waals surface area contributed by atoms with Crippen LogP contribution in [0.3, 0.4) is 0 Å². The first-order chi connectivity index (χ1) is 11.4. The number of anilines is 1. The van der Waals surface area contributed by atoms with Crippen LogP contribution in [-0.4, -0.2) is 19.3 Å². The van der Waals surface area contributed by atoms with Gasteiger partial charge in [-0.2, -0.15) is 5.10 Å². The summed E-state index contributed by atoms with van der Waals surface area (Å²) in [4.78, 5) is 11.5. The van der Waals surface area contributed by atoms with Gasteiger partial charge in [0, 0.05) is 5.56 Å². The summed E-state index contributed by atoms with van der Waals surface area (Å²) in [6, 6.07) is 5.94. The number of nitrogens with one attached hydrogen (secondary N) is 1. The highest BCUT2D eigenvalue weighted by atomic mass is 19.2. The molecule has 0 aliphatic rings. The monoisotopic (exact) mass is 344 g/mol. The lowest BCUT2D eigenvalue weighted by molar-refractivity contribution is 0.0600. The van der Waals surface area contributed by atoms with Gasteiger partial charge < -0.3 is 4.74 Å². The van der Waals surface area contributed by atoms with E-state index in [1.807, 2.05) is 0 Å². The Morgan fingerprint density at radius 1 is 1.00 bits per heavy atom. The van der Waals surface area contributed by atoms with E-state index in [0.717, 1.165) is 13.3 Å². The molecule has 9 heteroatoms. The van der Waals surface area contributed by atoms with Crippen molar-refractivity contribution in [2.45, 2.75) is 0 Å². The molecule has 0 atom stereocenters. The van der Waals surface area contributed by atoms with Crippen LogP contribution in [0.1, 0.15) is 15.9 Å². The molecule has 0 aliphatic heterocycles. The Morgan fingerprint density at radius 3 is 2.12 bits per heavy atom. The molecule has 0 amide bonds. The summed E-state index contributed by atoms with van der Waals surface area (Å²) in [6.45, 7) is 0. The number of carbonyl (C=O) groups is 1. The van der Waals surface area contributed by atoms with Crippen molar-refractivity contribution in [1.29, 1.82) is 0 Å². The van der Waals surface area contributed by atoms with Crippen LogP contribution in [0.4, 0.5) is 27.6 Å². The van der Waals surface area contributed by atoms with Crippen molar-refractivity contribution < 1.29 is 31.5 Å². The lowest BCUT2D eigenvalue weighted by Crippen LogP contribution is -2.08. The zero-order valence-corrected chi connectivity index (χ0v) is 12.0. The van der Waals surface area contributed by atoms with Gasteiger partial charge in [-0.25, -0.2) is 26.7 Å². The average Bonchev–Trinajstić information content (AvgIpc) is 2.61. The third-order valence-electron chi connectivity index (χ3n) is 2.96. The fourth-order valence-corrected chi connectivity index (χ4v) is 1.77. The van der Waals surface area contributed by atoms with E-state index < -0.39 is 40.7 Å². The Balaban J connectivity index is 2.33. The Labute approximate surface area is 132 Å². The van der Waals surface area contributed by atoms with Crippen molar-refractivity contribution in [3.63, 3.8) is 0 Å². The molecule has 2 rings (SSSR count). The number of esters is 1. The molecule has 0 fully saturated rings. The quantitative estimate of drug-likeness (QED) is 0.230. The zero-order valence-electron chi connectivity index (χ0n) is 12.0. The number of nitrogens with zero attached hydrogens (tertiary/aromatic N) is 1. The van der Waals surface area contributed by atoms with Gasteiger partial charge in [0.15, 0.2) is 23.3 Å². The van der Waals surface area contributed by atoms with E-state index in [2.05, 4.69) is 9.84 Å². The maximum Gasteiger partial charge on any atom is 0.338 e. The number of rotatable bonds is 4. The second-order valence-corrected chi connectivity index (χ2v) is 4.39. The van der Waals surface area contributed by atoms with E-state index in [9.17, 15) is 26.7 Å². The summed E-state index contributed by atoms with van der Waals surface area (Å²) < 4.78 is 70.5. The molecular weight excluding hydrogens is 335 g/mol. The highest BCUT2D eigenvalue weighted by Crippen LogP contribution is 2.27. The maximum absolute atomic E-state index is 13.5. The molecule has 0 aromatic heterocycles. The van der Waals surface area contributed by atoms with Gasteiger partial charge in [0.1, 0.15) is 5.69 Å². The van der Waals surface area contributed by atoms with Gasteiger partial charge in [-0.1, -0.05) is 18.2 Å². The summed E-state index contributed by atoms with van der Waals surface area (Å²) in [6.07, 6.45) is 0.976. The Kier molecular flexibility index (Phi) is 5.12. The van der Waals surface area contributed by atoms with Crippen molar-refractivity contribution in [2.24, 2.45) is 5.10 Å². The highest BCUT2D eigenvalue weighted by Gasteiger charge is 2.25. The molecule has 0 aliphatic carbocycles. The SMILES string of the molecule is COC(=O)c1ccccc1/C=N\Nc1c(F)c(F)c(F)c(F)c1F. The fraction of sp³-hybridized carbons (Fsp3) is 0.0667. The van der Waals surface area contributed by atoms with E-state index in [1.165, 1.54) is 12.1 Å². The number of carbonyl (C=O) groups excluding carboxylic acids is 1. The molecule has 0 bridgehead atoms.